The second-order valence-corrected chi connectivity index (χ2v) is 7.64. The molecule has 3 rings (SSSR count). The topological polar surface area (TPSA) is 107 Å². The number of nitro groups is 1. The molecule has 0 bridgehead atoms. The molecule has 8 nitrogen and oxygen atoms in total. The van der Waals surface area contributed by atoms with Gasteiger partial charge in [-0.2, -0.15) is 0 Å². The summed E-state index contributed by atoms with van der Waals surface area (Å²) in [4.78, 5) is 48.7. The number of non-ortho nitro benzene ring substituents is 1. The van der Waals surface area contributed by atoms with Crippen LogP contribution >= 0.6 is 0 Å². The number of carbonyl (C=O) groups is 3. The first-order chi connectivity index (χ1) is 14.8. The molecule has 1 fully saturated rings. The molecule has 2 aromatic carbocycles. The molecule has 1 amide bonds. The maximum absolute atomic E-state index is 12.4. The van der Waals surface area contributed by atoms with Crippen molar-refractivity contribution in [2.24, 2.45) is 5.92 Å². The fourth-order valence-corrected chi connectivity index (χ4v) is 3.44. The zero-order chi connectivity index (χ0) is 22.5. The van der Waals surface area contributed by atoms with Crippen LogP contribution < -0.4 is 4.90 Å². The van der Waals surface area contributed by atoms with Gasteiger partial charge < -0.3 is 9.64 Å². The number of nitro benzene ring substituents is 1. The van der Waals surface area contributed by atoms with Gasteiger partial charge in [-0.05, 0) is 42.2 Å². The van der Waals surface area contributed by atoms with Crippen molar-refractivity contribution in [1.82, 2.24) is 0 Å². The highest BCUT2D eigenvalue weighted by Crippen LogP contribution is 2.28. The maximum atomic E-state index is 12.4. The predicted molar refractivity (Wildman–Crippen MR) is 114 cm³/mol. The molecule has 1 heterocycles. The number of anilines is 1. The van der Waals surface area contributed by atoms with E-state index >= 15 is 0 Å². The summed E-state index contributed by atoms with van der Waals surface area (Å²) in [6, 6.07) is 12.8. The van der Waals surface area contributed by atoms with Crippen LogP contribution in [0.25, 0.3) is 0 Å². The van der Waals surface area contributed by atoms with Gasteiger partial charge in [-0.15, -0.1) is 0 Å². The van der Waals surface area contributed by atoms with Crippen molar-refractivity contribution in [2.75, 3.05) is 18.1 Å². The van der Waals surface area contributed by atoms with Crippen LogP contribution in [0.4, 0.5) is 11.4 Å². The number of ether oxygens (including phenoxy) is 1. The number of amides is 1. The Hall–Kier alpha value is -3.55. The number of hydrogen-bond donors (Lipinski definition) is 0. The van der Waals surface area contributed by atoms with Gasteiger partial charge in [-0.25, -0.2) is 0 Å². The first kappa shape index (κ1) is 22.1. The lowest BCUT2D eigenvalue weighted by atomic mass is 9.98. The molecule has 2 unspecified atom stereocenters. The highest BCUT2D eigenvalue weighted by molar-refractivity contribution is 6.01. The van der Waals surface area contributed by atoms with E-state index < -0.39 is 29.2 Å². The SMILES string of the molecule is CCC(C)c1ccc(N2CC(C(=O)OCC(=O)c3ccc([N+](=O)[O-])cc3)CC2=O)cc1. The zero-order valence-electron chi connectivity index (χ0n) is 17.4. The van der Waals surface area contributed by atoms with Gasteiger partial charge in [0, 0.05) is 36.3 Å². The van der Waals surface area contributed by atoms with Crippen molar-refractivity contribution in [3.05, 3.63) is 69.8 Å². The molecule has 0 spiro atoms. The molecule has 0 radical (unpaired) electrons. The Morgan fingerprint density at radius 2 is 1.81 bits per heavy atom. The molecule has 1 aliphatic rings. The fraction of sp³-hybridized carbons (Fsp3) is 0.348. The highest BCUT2D eigenvalue weighted by atomic mass is 16.6. The monoisotopic (exact) mass is 424 g/mol. The van der Waals surface area contributed by atoms with E-state index in [-0.39, 0.29) is 30.1 Å². The second kappa shape index (κ2) is 9.51. The molecule has 162 valence electrons. The van der Waals surface area contributed by atoms with Gasteiger partial charge in [0.2, 0.25) is 5.91 Å². The van der Waals surface area contributed by atoms with E-state index in [1.54, 1.807) is 4.90 Å². The fourth-order valence-electron chi connectivity index (χ4n) is 3.44. The largest absolute Gasteiger partial charge is 0.457 e. The summed E-state index contributed by atoms with van der Waals surface area (Å²) in [5.74, 6) is -1.46. The van der Waals surface area contributed by atoms with Crippen molar-refractivity contribution >= 4 is 29.0 Å². The molecule has 0 aliphatic carbocycles. The Labute approximate surface area is 180 Å². The Morgan fingerprint density at radius 1 is 1.16 bits per heavy atom. The lowest BCUT2D eigenvalue weighted by Gasteiger charge is -2.18. The third-order valence-electron chi connectivity index (χ3n) is 5.59. The van der Waals surface area contributed by atoms with Crippen LogP contribution in [-0.2, 0) is 14.3 Å². The standard InChI is InChI=1S/C23H24N2O6/c1-3-15(2)16-4-8-19(9-5-16)24-13-18(12-22(24)27)23(28)31-14-21(26)17-6-10-20(11-7-17)25(29)30/h4-11,15,18H,3,12-14H2,1-2H3. The van der Waals surface area contributed by atoms with Gasteiger partial charge in [-0.1, -0.05) is 26.0 Å². The van der Waals surface area contributed by atoms with Crippen molar-refractivity contribution in [3.8, 4) is 0 Å². The van der Waals surface area contributed by atoms with Crippen molar-refractivity contribution in [3.63, 3.8) is 0 Å². The van der Waals surface area contributed by atoms with Crippen molar-refractivity contribution < 1.29 is 24.0 Å². The Balaban J connectivity index is 1.56. The quantitative estimate of drug-likeness (QED) is 0.275. The molecule has 8 heteroatoms. The normalized spacial score (nSPS) is 16.8. The second-order valence-electron chi connectivity index (χ2n) is 7.64. The van der Waals surface area contributed by atoms with Gasteiger partial charge >= 0.3 is 5.97 Å². The third-order valence-corrected chi connectivity index (χ3v) is 5.59. The van der Waals surface area contributed by atoms with E-state index in [2.05, 4.69) is 13.8 Å². The lowest BCUT2D eigenvalue weighted by molar-refractivity contribution is -0.384. The van der Waals surface area contributed by atoms with Crippen LogP contribution in [0.5, 0.6) is 0 Å². The Morgan fingerprint density at radius 3 is 2.39 bits per heavy atom. The van der Waals surface area contributed by atoms with Crippen LogP contribution in [0.2, 0.25) is 0 Å². The number of ketones is 1. The van der Waals surface area contributed by atoms with Crippen LogP contribution in [0.3, 0.4) is 0 Å². The molecule has 0 aromatic heterocycles. The summed E-state index contributed by atoms with van der Waals surface area (Å²) in [7, 11) is 0. The summed E-state index contributed by atoms with van der Waals surface area (Å²) >= 11 is 0. The molecule has 0 N–H and O–H groups in total. The molecule has 2 aromatic rings. The van der Waals surface area contributed by atoms with Gasteiger partial charge in [0.1, 0.15) is 0 Å². The van der Waals surface area contributed by atoms with E-state index in [1.165, 1.54) is 29.8 Å². The van der Waals surface area contributed by atoms with E-state index in [1.807, 2.05) is 24.3 Å². The summed E-state index contributed by atoms with van der Waals surface area (Å²) in [5.41, 5.74) is 2.01. The molecule has 31 heavy (non-hydrogen) atoms. The molecular formula is C23H24N2O6. The van der Waals surface area contributed by atoms with Crippen LogP contribution in [0, 0.1) is 16.0 Å². The van der Waals surface area contributed by atoms with Crippen molar-refractivity contribution in [1.29, 1.82) is 0 Å². The van der Waals surface area contributed by atoms with Gasteiger partial charge in [0.25, 0.3) is 5.69 Å². The van der Waals surface area contributed by atoms with Gasteiger partial charge in [0.05, 0.1) is 10.8 Å². The first-order valence-corrected chi connectivity index (χ1v) is 10.1. The average molecular weight is 424 g/mol. The summed E-state index contributed by atoms with van der Waals surface area (Å²) in [5, 5.41) is 10.7. The number of hydrogen-bond acceptors (Lipinski definition) is 6. The van der Waals surface area contributed by atoms with E-state index in [0.717, 1.165) is 12.1 Å². The van der Waals surface area contributed by atoms with E-state index in [9.17, 15) is 24.5 Å². The lowest BCUT2D eigenvalue weighted by Crippen LogP contribution is -2.27. The molecule has 1 saturated heterocycles. The minimum absolute atomic E-state index is 0.0255. The zero-order valence-corrected chi connectivity index (χ0v) is 17.4. The molecule has 2 atom stereocenters. The Bertz CT molecular complexity index is 984. The van der Waals surface area contributed by atoms with Crippen LogP contribution in [-0.4, -0.2) is 35.7 Å². The minimum atomic E-state index is -0.647. The number of rotatable bonds is 8. The number of benzene rings is 2. The summed E-state index contributed by atoms with van der Waals surface area (Å²) in [6.45, 7) is 3.97. The average Bonchev–Trinajstić information content (AvgIpc) is 3.18. The van der Waals surface area contributed by atoms with Crippen LogP contribution in [0.1, 0.15) is 48.5 Å². The number of esters is 1. The van der Waals surface area contributed by atoms with Gasteiger partial charge in [0.15, 0.2) is 12.4 Å². The van der Waals surface area contributed by atoms with Gasteiger partial charge in [-0.3, -0.25) is 24.5 Å². The van der Waals surface area contributed by atoms with Crippen LogP contribution in [0.15, 0.2) is 48.5 Å². The summed E-state index contributed by atoms with van der Waals surface area (Å²) in [6.07, 6.45) is 1.05. The predicted octanol–water partition coefficient (Wildman–Crippen LogP) is 3.89. The molecular weight excluding hydrogens is 400 g/mol. The van der Waals surface area contributed by atoms with E-state index in [4.69, 9.17) is 4.74 Å². The third kappa shape index (κ3) is 5.14. The minimum Gasteiger partial charge on any atom is -0.457 e. The van der Waals surface area contributed by atoms with E-state index in [0.29, 0.717) is 5.92 Å². The highest BCUT2D eigenvalue weighted by Gasteiger charge is 2.36. The Kier molecular flexibility index (Phi) is 6.79. The smallest absolute Gasteiger partial charge is 0.311 e. The van der Waals surface area contributed by atoms with Crippen molar-refractivity contribution in [2.45, 2.75) is 32.6 Å². The number of nitrogens with zero attached hydrogens (tertiary/aromatic N) is 2. The molecule has 0 saturated carbocycles. The first-order valence-electron chi connectivity index (χ1n) is 10.1. The molecule has 1 aliphatic heterocycles. The summed E-state index contributed by atoms with van der Waals surface area (Å²) < 4.78 is 5.12. The maximum Gasteiger partial charge on any atom is 0.311 e. The number of Topliss-reactive ketones (excluding diaryl/α,β-unsaturated/α-hetero) is 1. The number of carbonyl (C=O) groups excluding carboxylic acids is 3.